The summed E-state index contributed by atoms with van der Waals surface area (Å²) >= 11 is 5.99. The minimum atomic E-state index is -3.40. The van der Waals surface area contributed by atoms with Crippen LogP contribution in [0.15, 0.2) is 22.6 Å². The van der Waals surface area contributed by atoms with E-state index in [1.807, 2.05) is 6.07 Å². The normalized spacial score (nSPS) is 21.8. The van der Waals surface area contributed by atoms with Gasteiger partial charge in [0, 0.05) is 37.1 Å². The van der Waals surface area contributed by atoms with E-state index in [1.165, 1.54) is 4.31 Å². The Hall–Kier alpha value is -1.19. The number of aromatic nitrogens is 1. The second-order valence-electron chi connectivity index (χ2n) is 6.36. The molecule has 3 heterocycles. The van der Waals surface area contributed by atoms with E-state index in [4.69, 9.17) is 20.8 Å². The van der Waals surface area contributed by atoms with Crippen molar-refractivity contribution in [3.63, 3.8) is 0 Å². The van der Waals surface area contributed by atoms with E-state index < -0.39 is 10.2 Å². The Morgan fingerprint density at radius 3 is 2.48 bits per heavy atom. The molecule has 0 unspecified atom stereocenters. The van der Waals surface area contributed by atoms with Gasteiger partial charge in [-0.2, -0.15) is 17.0 Å². The molecule has 0 radical (unpaired) electrons. The number of benzene rings is 1. The molecular weight excluding hydrogens is 366 g/mol. The number of rotatable bonds is 3. The average molecular weight is 386 g/mol. The summed E-state index contributed by atoms with van der Waals surface area (Å²) in [6, 6.07) is 5.37. The number of fused-ring (bicyclic) bond motifs is 1. The van der Waals surface area contributed by atoms with Crippen molar-refractivity contribution in [2.45, 2.75) is 18.8 Å². The first-order chi connectivity index (χ1) is 12.0. The molecule has 0 atom stereocenters. The predicted octanol–water partition coefficient (Wildman–Crippen LogP) is 2.24. The van der Waals surface area contributed by atoms with Gasteiger partial charge in [-0.1, -0.05) is 11.6 Å². The fourth-order valence-corrected chi connectivity index (χ4v) is 5.14. The summed E-state index contributed by atoms with van der Waals surface area (Å²) in [4.78, 5) is 4.53. The smallest absolute Gasteiger partial charge is 0.282 e. The molecule has 4 rings (SSSR count). The summed E-state index contributed by atoms with van der Waals surface area (Å²) in [5.74, 6) is 0.794. The number of piperidine rings is 1. The number of hydrogen-bond donors (Lipinski definition) is 0. The largest absolute Gasteiger partial charge is 0.440 e. The van der Waals surface area contributed by atoms with Crippen molar-refractivity contribution in [3.05, 3.63) is 29.1 Å². The molecule has 9 heteroatoms. The molecule has 25 heavy (non-hydrogen) atoms. The molecule has 2 fully saturated rings. The topological polar surface area (TPSA) is 75.9 Å². The van der Waals surface area contributed by atoms with E-state index in [9.17, 15) is 8.42 Å². The van der Waals surface area contributed by atoms with E-state index in [-0.39, 0.29) is 5.92 Å². The number of nitrogens with zero attached hydrogens (tertiary/aromatic N) is 3. The molecule has 1 aromatic carbocycles. The van der Waals surface area contributed by atoms with Crippen LogP contribution in [-0.2, 0) is 14.9 Å². The van der Waals surface area contributed by atoms with Crippen LogP contribution in [0, 0.1) is 0 Å². The van der Waals surface area contributed by atoms with Crippen molar-refractivity contribution in [2.24, 2.45) is 0 Å². The molecule has 0 amide bonds. The second kappa shape index (κ2) is 6.85. The van der Waals surface area contributed by atoms with Crippen molar-refractivity contribution in [1.29, 1.82) is 0 Å². The third kappa shape index (κ3) is 3.41. The summed E-state index contributed by atoms with van der Waals surface area (Å²) in [6.07, 6.45) is 1.40. The molecule has 0 spiro atoms. The molecule has 1 aromatic heterocycles. The average Bonchev–Trinajstić information content (AvgIpc) is 3.06. The van der Waals surface area contributed by atoms with Crippen LogP contribution < -0.4 is 0 Å². The molecule has 2 aliphatic rings. The monoisotopic (exact) mass is 385 g/mol. The van der Waals surface area contributed by atoms with Crippen LogP contribution in [0.5, 0.6) is 0 Å². The van der Waals surface area contributed by atoms with Crippen molar-refractivity contribution >= 4 is 32.9 Å². The second-order valence-corrected chi connectivity index (χ2v) is 8.72. The van der Waals surface area contributed by atoms with Gasteiger partial charge in [-0.15, -0.1) is 0 Å². The number of halogens is 1. The number of oxazole rings is 1. The van der Waals surface area contributed by atoms with Crippen LogP contribution in [0.4, 0.5) is 0 Å². The number of morpholine rings is 1. The van der Waals surface area contributed by atoms with Gasteiger partial charge in [0.1, 0.15) is 5.52 Å². The zero-order chi connectivity index (χ0) is 17.4. The highest BCUT2D eigenvalue weighted by Crippen LogP contribution is 2.32. The fraction of sp³-hybridized carbons (Fsp3) is 0.562. The van der Waals surface area contributed by atoms with E-state index in [1.54, 1.807) is 16.4 Å². The van der Waals surface area contributed by atoms with Gasteiger partial charge < -0.3 is 9.15 Å². The Morgan fingerprint density at radius 2 is 1.76 bits per heavy atom. The maximum absolute atomic E-state index is 12.7. The van der Waals surface area contributed by atoms with Gasteiger partial charge in [0.25, 0.3) is 10.2 Å². The quantitative estimate of drug-likeness (QED) is 0.809. The maximum Gasteiger partial charge on any atom is 0.282 e. The lowest BCUT2D eigenvalue weighted by atomic mass is 9.98. The zero-order valence-corrected chi connectivity index (χ0v) is 15.3. The van der Waals surface area contributed by atoms with Gasteiger partial charge in [0.2, 0.25) is 0 Å². The van der Waals surface area contributed by atoms with Gasteiger partial charge >= 0.3 is 0 Å². The predicted molar refractivity (Wildman–Crippen MR) is 93.9 cm³/mol. The van der Waals surface area contributed by atoms with Crippen LogP contribution in [0.1, 0.15) is 24.7 Å². The van der Waals surface area contributed by atoms with Gasteiger partial charge in [0.15, 0.2) is 11.5 Å². The molecule has 2 saturated heterocycles. The zero-order valence-electron chi connectivity index (χ0n) is 13.7. The lowest BCUT2D eigenvalue weighted by molar-refractivity contribution is 0.0695. The number of hydrogen-bond acceptors (Lipinski definition) is 5. The highest BCUT2D eigenvalue weighted by molar-refractivity contribution is 7.86. The molecule has 0 N–H and O–H groups in total. The molecule has 136 valence electrons. The third-order valence-corrected chi connectivity index (χ3v) is 7.06. The summed E-state index contributed by atoms with van der Waals surface area (Å²) in [5.41, 5.74) is 1.45. The first kappa shape index (κ1) is 17.2. The van der Waals surface area contributed by atoms with Gasteiger partial charge in [-0.05, 0) is 31.0 Å². The molecule has 7 nitrogen and oxygen atoms in total. The van der Waals surface area contributed by atoms with Crippen LogP contribution in [0.25, 0.3) is 11.1 Å². The SMILES string of the molecule is O=S(=O)(N1CCOCC1)N1CCC(c2nc3cc(Cl)ccc3o2)CC1. The standard InChI is InChI=1S/C16H20ClN3O4S/c17-13-1-2-15-14(11-13)18-16(24-15)12-3-5-19(6-4-12)25(21,22)20-7-9-23-10-8-20/h1-2,11-12H,3-10H2. The Labute approximate surface area is 151 Å². The van der Waals surface area contributed by atoms with Gasteiger partial charge in [-0.25, -0.2) is 4.98 Å². The summed E-state index contributed by atoms with van der Waals surface area (Å²) in [6.45, 7) is 2.72. The third-order valence-electron chi connectivity index (χ3n) is 4.79. The first-order valence-electron chi connectivity index (χ1n) is 8.43. The van der Waals surface area contributed by atoms with Crippen LogP contribution in [0.3, 0.4) is 0 Å². The molecular formula is C16H20ClN3O4S. The lowest BCUT2D eigenvalue weighted by Crippen LogP contribution is -2.50. The Morgan fingerprint density at radius 1 is 1.08 bits per heavy atom. The number of ether oxygens (including phenoxy) is 1. The molecule has 2 aliphatic heterocycles. The summed E-state index contributed by atoms with van der Waals surface area (Å²) in [5, 5.41) is 0.624. The Balaban J connectivity index is 1.45. The van der Waals surface area contributed by atoms with Gasteiger partial charge in [-0.3, -0.25) is 0 Å². The van der Waals surface area contributed by atoms with Crippen LogP contribution in [0.2, 0.25) is 5.02 Å². The molecule has 2 aromatic rings. The van der Waals surface area contributed by atoms with E-state index in [0.29, 0.717) is 68.7 Å². The molecule has 0 aliphatic carbocycles. The van der Waals surface area contributed by atoms with Gasteiger partial charge in [0.05, 0.1) is 13.2 Å². The summed E-state index contributed by atoms with van der Waals surface area (Å²) in [7, 11) is -3.40. The van der Waals surface area contributed by atoms with Crippen molar-refractivity contribution in [1.82, 2.24) is 13.6 Å². The van der Waals surface area contributed by atoms with Crippen molar-refractivity contribution in [3.8, 4) is 0 Å². The van der Waals surface area contributed by atoms with Crippen LogP contribution >= 0.6 is 11.6 Å². The minimum Gasteiger partial charge on any atom is -0.440 e. The lowest BCUT2D eigenvalue weighted by Gasteiger charge is -2.35. The molecule has 0 saturated carbocycles. The Bertz CT molecular complexity index is 855. The first-order valence-corrected chi connectivity index (χ1v) is 10.2. The van der Waals surface area contributed by atoms with Crippen LogP contribution in [-0.4, -0.2) is 61.4 Å². The van der Waals surface area contributed by atoms with E-state index in [0.717, 1.165) is 5.52 Å². The van der Waals surface area contributed by atoms with E-state index >= 15 is 0 Å². The maximum atomic E-state index is 12.7. The van der Waals surface area contributed by atoms with Crippen molar-refractivity contribution < 1.29 is 17.6 Å². The minimum absolute atomic E-state index is 0.127. The fourth-order valence-electron chi connectivity index (χ4n) is 3.37. The van der Waals surface area contributed by atoms with Crippen molar-refractivity contribution in [2.75, 3.05) is 39.4 Å². The molecule has 0 bridgehead atoms. The Kier molecular flexibility index (Phi) is 4.72. The highest BCUT2D eigenvalue weighted by atomic mass is 35.5. The van der Waals surface area contributed by atoms with E-state index in [2.05, 4.69) is 4.98 Å². The summed E-state index contributed by atoms with van der Waals surface area (Å²) < 4.78 is 39.6. The highest BCUT2D eigenvalue weighted by Gasteiger charge is 2.35.